The van der Waals surface area contributed by atoms with Crippen LogP contribution in [-0.2, 0) is 11.3 Å². The fourth-order valence-corrected chi connectivity index (χ4v) is 3.01. The lowest BCUT2D eigenvalue weighted by atomic mass is 10.0. The summed E-state index contributed by atoms with van der Waals surface area (Å²) in [6.45, 7) is 4.99. The van der Waals surface area contributed by atoms with Crippen molar-refractivity contribution in [1.29, 1.82) is 0 Å². The minimum Gasteiger partial charge on any atom is -0.388 e. The summed E-state index contributed by atoms with van der Waals surface area (Å²) in [5.74, 6) is 0.0675. The largest absolute Gasteiger partial charge is 0.388 e. The van der Waals surface area contributed by atoms with Crippen molar-refractivity contribution in [2.75, 3.05) is 13.6 Å². The van der Waals surface area contributed by atoms with Gasteiger partial charge in [-0.3, -0.25) is 9.48 Å². The Bertz CT molecular complexity index is 475. The van der Waals surface area contributed by atoms with Gasteiger partial charge in [-0.1, -0.05) is 12.8 Å². The molecule has 0 aromatic carbocycles. The highest BCUT2D eigenvalue weighted by molar-refractivity contribution is 5.75. The summed E-state index contributed by atoms with van der Waals surface area (Å²) in [7, 11) is 1.78. The normalized spacial score (nSPS) is 17.4. The molecule has 1 heterocycles. The van der Waals surface area contributed by atoms with Crippen LogP contribution in [0.3, 0.4) is 0 Å². The van der Waals surface area contributed by atoms with Gasteiger partial charge in [0.1, 0.15) is 0 Å². The van der Waals surface area contributed by atoms with Gasteiger partial charge in [0, 0.05) is 32.3 Å². The highest BCUT2D eigenvalue weighted by atomic mass is 16.3. The maximum Gasteiger partial charge on any atom is 0.224 e. The van der Waals surface area contributed by atoms with E-state index in [1.807, 2.05) is 24.6 Å². The third kappa shape index (κ3) is 3.60. The Hall–Kier alpha value is -1.36. The summed E-state index contributed by atoms with van der Waals surface area (Å²) in [6, 6.07) is 2.01. The van der Waals surface area contributed by atoms with Crippen molar-refractivity contribution in [2.24, 2.45) is 0 Å². The van der Waals surface area contributed by atoms with Crippen molar-refractivity contribution in [3.05, 3.63) is 17.5 Å². The van der Waals surface area contributed by atoms with Crippen molar-refractivity contribution >= 4 is 5.91 Å². The molecule has 5 heteroatoms. The lowest BCUT2D eigenvalue weighted by Gasteiger charge is -2.28. The number of rotatable bonds is 5. The average molecular weight is 279 g/mol. The SMILES string of the molecule is Cc1cc(C)n(CCC(=O)N(C)CC2(O)CCCC2)n1. The number of nitrogens with zero attached hydrogens (tertiary/aromatic N) is 3. The highest BCUT2D eigenvalue weighted by Gasteiger charge is 2.33. The first-order valence-corrected chi connectivity index (χ1v) is 7.37. The fraction of sp³-hybridized carbons (Fsp3) is 0.733. The quantitative estimate of drug-likeness (QED) is 0.891. The number of aromatic nitrogens is 2. The summed E-state index contributed by atoms with van der Waals surface area (Å²) < 4.78 is 1.87. The summed E-state index contributed by atoms with van der Waals surface area (Å²) in [5, 5.41) is 14.7. The maximum atomic E-state index is 12.1. The van der Waals surface area contributed by atoms with Gasteiger partial charge in [-0.15, -0.1) is 0 Å². The zero-order valence-electron chi connectivity index (χ0n) is 12.7. The van der Waals surface area contributed by atoms with Crippen LogP contribution in [0.25, 0.3) is 0 Å². The van der Waals surface area contributed by atoms with Crippen molar-refractivity contribution in [2.45, 2.75) is 58.1 Å². The van der Waals surface area contributed by atoms with Crippen molar-refractivity contribution in [3.63, 3.8) is 0 Å². The second-order valence-electron chi connectivity index (χ2n) is 6.08. The molecule has 0 spiro atoms. The lowest BCUT2D eigenvalue weighted by Crippen LogP contribution is -2.42. The van der Waals surface area contributed by atoms with E-state index in [4.69, 9.17) is 0 Å². The van der Waals surface area contributed by atoms with E-state index in [9.17, 15) is 9.90 Å². The van der Waals surface area contributed by atoms with Crippen LogP contribution in [0.1, 0.15) is 43.5 Å². The lowest BCUT2D eigenvalue weighted by molar-refractivity contribution is -0.133. The van der Waals surface area contributed by atoms with E-state index >= 15 is 0 Å². The summed E-state index contributed by atoms with van der Waals surface area (Å²) in [4.78, 5) is 13.8. The van der Waals surface area contributed by atoms with Gasteiger partial charge in [-0.05, 0) is 32.8 Å². The molecule has 0 saturated heterocycles. The third-order valence-corrected chi connectivity index (χ3v) is 4.13. The smallest absolute Gasteiger partial charge is 0.224 e. The summed E-state index contributed by atoms with van der Waals surface area (Å²) in [6.07, 6.45) is 4.16. The topological polar surface area (TPSA) is 58.4 Å². The molecule has 0 radical (unpaired) electrons. The predicted octanol–water partition coefficient (Wildman–Crippen LogP) is 1.65. The van der Waals surface area contributed by atoms with Gasteiger partial charge in [-0.2, -0.15) is 5.10 Å². The van der Waals surface area contributed by atoms with Gasteiger partial charge < -0.3 is 10.0 Å². The van der Waals surface area contributed by atoms with E-state index in [2.05, 4.69) is 5.10 Å². The molecule has 112 valence electrons. The Morgan fingerprint density at radius 3 is 2.65 bits per heavy atom. The molecule has 1 fully saturated rings. The first-order chi connectivity index (χ1) is 9.39. The molecule has 1 aliphatic rings. The zero-order valence-corrected chi connectivity index (χ0v) is 12.7. The number of carbonyl (C=O) groups excluding carboxylic acids is 1. The van der Waals surface area contributed by atoms with Crippen LogP contribution in [0.15, 0.2) is 6.07 Å². The highest BCUT2D eigenvalue weighted by Crippen LogP contribution is 2.29. The maximum absolute atomic E-state index is 12.1. The summed E-state index contributed by atoms with van der Waals surface area (Å²) in [5.41, 5.74) is 1.39. The second-order valence-corrected chi connectivity index (χ2v) is 6.08. The number of aliphatic hydroxyl groups is 1. The van der Waals surface area contributed by atoms with E-state index in [0.717, 1.165) is 37.1 Å². The molecule has 1 N–H and O–H groups in total. The molecule has 1 aromatic heterocycles. The van der Waals surface area contributed by atoms with Gasteiger partial charge in [-0.25, -0.2) is 0 Å². The van der Waals surface area contributed by atoms with Gasteiger partial charge >= 0.3 is 0 Å². The number of amides is 1. The van der Waals surface area contributed by atoms with Crippen molar-refractivity contribution in [3.8, 4) is 0 Å². The van der Waals surface area contributed by atoms with E-state index in [-0.39, 0.29) is 5.91 Å². The first-order valence-electron chi connectivity index (χ1n) is 7.37. The second kappa shape index (κ2) is 5.95. The molecule has 1 aromatic rings. The summed E-state index contributed by atoms with van der Waals surface area (Å²) >= 11 is 0. The standard InChI is InChI=1S/C15H25N3O2/c1-12-10-13(2)18(16-12)9-6-14(19)17(3)11-15(20)7-4-5-8-15/h10,20H,4-9,11H2,1-3H3. The minimum atomic E-state index is -0.664. The monoisotopic (exact) mass is 279 g/mol. The van der Waals surface area contributed by atoms with Gasteiger partial charge in [0.15, 0.2) is 0 Å². The van der Waals surface area contributed by atoms with Gasteiger partial charge in [0.05, 0.1) is 11.3 Å². The Morgan fingerprint density at radius 2 is 2.10 bits per heavy atom. The fourth-order valence-electron chi connectivity index (χ4n) is 3.01. The van der Waals surface area contributed by atoms with Crippen molar-refractivity contribution in [1.82, 2.24) is 14.7 Å². The Balaban J connectivity index is 1.83. The molecule has 1 amide bonds. The Kier molecular flexibility index (Phi) is 4.48. The van der Waals surface area contributed by atoms with Gasteiger partial charge in [0.25, 0.3) is 0 Å². The van der Waals surface area contributed by atoms with Crippen LogP contribution >= 0.6 is 0 Å². The molecule has 5 nitrogen and oxygen atoms in total. The molecule has 0 aliphatic heterocycles. The third-order valence-electron chi connectivity index (χ3n) is 4.13. The average Bonchev–Trinajstić information content (AvgIpc) is 2.92. The molecule has 1 saturated carbocycles. The van der Waals surface area contributed by atoms with E-state index in [0.29, 0.717) is 19.5 Å². The van der Waals surface area contributed by atoms with Crippen molar-refractivity contribution < 1.29 is 9.90 Å². The number of likely N-dealkylation sites (N-methyl/N-ethyl adjacent to an activating group) is 1. The number of aryl methyl sites for hydroxylation is 3. The van der Waals surface area contributed by atoms with E-state index in [1.165, 1.54) is 0 Å². The first kappa shape index (κ1) is 15.0. The van der Waals surface area contributed by atoms with Crippen LogP contribution in [0, 0.1) is 13.8 Å². The van der Waals surface area contributed by atoms with Crippen LogP contribution in [0.5, 0.6) is 0 Å². The van der Waals surface area contributed by atoms with Crippen LogP contribution in [0.4, 0.5) is 0 Å². The van der Waals surface area contributed by atoms with E-state index < -0.39 is 5.60 Å². The molecule has 0 bridgehead atoms. The molecule has 0 unspecified atom stereocenters. The van der Waals surface area contributed by atoms with Crippen LogP contribution in [0.2, 0.25) is 0 Å². The molecule has 2 rings (SSSR count). The number of hydrogen-bond acceptors (Lipinski definition) is 3. The Labute approximate surface area is 120 Å². The molecular weight excluding hydrogens is 254 g/mol. The zero-order chi connectivity index (χ0) is 14.8. The molecule has 1 aliphatic carbocycles. The van der Waals surface area contributed by atoms with E-state index in [1.54, 1.807) is 11.9 Å². The van der Waals surface area contributed by atoms with Gasteiger partial charge in [0.2, 0.25) is 5.91 Å². The van der Waals surface area contributed by atoms with Crippen LogP contribution in [-0.4, -0.2) is 44.9 Å². The van der Waals surface area contributed by atoms with Crippen LogP contribution < -0.4 is 0 Å². The molecular formula is C15H25N3O2. The Morgan fingerprint density at radius 1 is 1.45 bits per heavy atom. The molecule has 20 heavy (non-hydrogen) atoms. The minimum absolute atomic E-state index is 0.0675. The number of hydrogen-bond donors (Lipinski definition) is 1. The molecule has 0 atom stereocenters. The number of carbonyl (C=O) groups is 1. The predicted molar refractivity (Wildman–Crippen MR) is 77.4 cm³/mol.